The summed E-state index contributed by atoms with van der Waals surface area (Å²) in [6.45, 7) is 3.13. The fourth-order valence-electron chi connectivity index (χ4n) is 3.97. The molecule has 0 bridgehead atoms. The second-order valence-corrected chi connectivity index (χ2v) is 7.62. The van der Waals surface area contributed by atoms with Crippen molar-refractivity contribution in [2.45, 2.75) is 19.4 Å². The van der Waals surface area contributed by atoms with Gasteiger partial charge in [-0.3, -0.25) is 4.79 Å². The normalized spacial score (nSPS) is 19.1. The maximum absolute atomic E-state index is 12.5. The molecule has 1 aliphatic heterocycles. The molecule has 3 aromatic rings. The molecule has 3 heteroatoms. The van der Waals surface area contributed by atoms with Gasteiger partial charge in [-0.1, -0.05) is 72.8 Å². The number of hydrogen-bond acceptors (Lipinski definition) is 1. The molecular formula is C25H27N2O+. The van der Waals surface area contributed by atoms with Crippen molar-refractivity contribution < 1.29 is 9.69 Å². The van der Waals surface area contributed by atoms with Crippen LogP contribution in [-0.4, -0.2) is 19.0 Å². The zero-order valence-corrected chi connectivity index (χ0v) is 16.1. The van der Waals surface area contributed by atoms with Crippen LogP contribution in [0.2, 0.25) is 0 Å². The van der Waals surface area contributed by atoms with Crippen molar-refractivity contribution in [3.8, 4) is 11.1 Å². The van der Waals surface area contributed by atoms with Gasteiger partial charge < -0.3 is 10.2 Å². The highest BCUT2D eigenvalue weighted by atomic mass is 16.1. The van der Waals surface area contributed by atoms with Crippen LogP contribution in [0.1, 0.15) is 18.4 Å². The fourth-order valence-corrected chi connectivity index (χ4v) is 3.97. The molecule has 0 aromatic heterocycles. The number of rotatable bonds is 5. The Balaban J connectivity index is 1.28. The molecule has 0 atom stereocenters. The molecule has 3 aromatic carbocycles. The van der Waals surface area contributed by atoms with E-state index in [4.69, 9.17) is 0 Å². The van der Waals surface area contributed by atoms with Gasteiger partial charge in [-0.25, -0.2) is 0 Å². The van der Waals surface area contributed by atoms with Gasteiger partial charge in [0.25, 0.3) is 0 Å². The zero-order chi connectivity index (χ0) is 19.2. The summed E-state index contributed by atoms with van der Waals surface area (Å²) in [5.74, 6) is 0.293. The summed E-state index contributed by atoms with van der Waals surface area (Å²) in [5, 5.41) is 3.05. The maximum atomic E-state index is 12.5. The highest BCUT2D eigenvalue weighted by molar-refractivity contribution is 5.92. The monoisotopic (exact) mass is 371 g/mol. The average Bonchev–Trinajstić information content (AvgIpc) is 2.76. The number of carbonyl (C=O) groups is 1. The third-order valence-corrected chi connectivity index (χ3v) is 5.62. The second kappa shape index (κ2) is 8.85. The number of amides is 1. The quantitative estimate of drug-likeness (QED) is 0.703. The van der Waals surface area contributed by atoms with Gasteiger partial charge in [-0.05, 0) is 23.3 Å². The molecule has 0 unspecified atom stereocenters. The topological polar surface area (TPSA) is 33.5 Å². The number of para-hydroxylation sites is 1. The van der Waals surface area contributed by atoms with Gasteiger partial charge in [-0.15, -0.1) is 0 Å². The van der Waals surface area contributed by atoms with Gasteiger partial charge in [-0.2, -0.15) is 0 Å². The highest BCUT2D eigenvalue weighted by Crippen LogP contribution is 2.19. The van der Waals surface area contributed by atoms with E-state index < -0.39 is 0 Å². The summed E-state index contributed by atoms with van der Waals surface area (Å²) in [6, 6.07) is 29.1. The van der Waals surface area contributed by atoms with Gasteiger partial charge in [0, 0.05) is 30.0 Å². The largest absolute Gasteiger partial charge is 0.331 e. The minimum Gasteiger partial charge on any atom is -0.331 e. The van der Waals surface area contributed by atoms with Crippen molar-refractivity contribution in [2.75, 3.05) is 18.4 Å². The minimum absolute atomic E-state index is 0.129. The molecule has 1 aliphatic rings. The summed E-state index contributed by atoms with van der Waals surface area (Å²) in [6.07, 6.45) is 1.91. The summed E-state index contributed by atoms with van der Waals surface area (Å²) >= 11 is 0. The number of quaternary nitrogens is 1. The first-order valence-corrected chi connectivity index (χ1v) is 10.1. The van der Waals surface area contributed by atoms with Crippen molar-refractivity contribution in [1.29, 1.82) is 0 Å². The summed E-state index contributed by atoms with van der Waals surface area (Å²) in [5.41, 5.74) is 4.77. The van der Waals surface area contributed by atoms with Crippen LogP contribution in [-0.2, 0) is 11.3 Å². The van der Waals surface area contributed by atoms with Gasteiger partial charge in [0.05, 0.1) is 13.1 Å². The Labute approximate surface area is 167 Å². The first-order chi connectivity index (χ1) is 13.8. The Kier molecular flexibility index (Phi) is 5.83. The predicted molar refractivity (Wildman–Crippen MR) is 114 cm³/mol. The smallest absolute Gasteiger partial charge is 0.227 e. The Morgan fingerprint density at radius 2 is 1.36 bits per heavy atom. The molecule has 28 heavy (non-hydrogen) atoms. The maximum Gasteiger partial charge on any atom is 0.227 e. The van der Waals surface area contributed by atoms with E-state index in [1.807, 2.05) is 36.4 Å². The number of carbonyl (C=O) groups excluding carboxylic acids is 1. The first kappa shape index (κ1) is 18.5. The first-order valence-electron chi connectivity index (χ1n) is 10.1. The lowest BCUT2D eigenvalue weighted by atomic mass is 9.95. The van der Waals surface area contributed by atoms with Crippen LogP contribution in [0.5, 0.6) is 0 Å². The fraction of sp³-hybridized carbons (Fsp3) is 0.240. The number of likely N-dealkylation sites (tertiary alicyclic amines) is 1. The molecule has 3 nitrogen and oxygen atoms in total. The molecule has 1 fully saturated rings. The highest BCUT2D eigenvalue weighted by Gasteiger charge is 2.27. The number of hydrogen-bond donors (Lipinski definition) is 2. The average molecular weight is 372 g/mol. The van der Waals surface area contributed by atoms with Crippen LogP contribution in [0.4, 0.5) is 5.69 Å². The Bertz CT molecular complexity index is 883. The van der Waals surface area contributed by atoms with Crippen LogP contribution in [0.3, 0.4) is 0 Å². The van der Waals surface area contributed by atoms with Crippen molar-refractivity contribution in [3.63, 3.8) is 0 Å². The van der Waals surface area contributed by atoms with Crippen molar-refractivity contribution in [1.82, 2.24) is 0 Å². The van der Waals surface area contributed by atoms with Gasteiger partial charge in [0.2, 0.25) is 5.91 Å². The Morgan fingerprint density at radius 3 is 2.00 bits per heavy atom. The summed E-state index contributed by atoms with van der Waals surface area (Å²) in [7, 11) is 0. The van der Waals surface area contributed by atoms with Crippen molar-refractivity contribution >= 4 is 11.6 Å². The standard InChI is InChI=1S/C25H26N2O/c28-25(26-24-9-5-2-6-10-24)23-15-17-27(18-16-23)19-20-11-13-22(14-12-20)21-7-3-1-4-8-21/h1-14,23H,15-19H2,(H,26,28)/p+1. The molecule has 0 spiro atoms. The van der Waals surface area contributed by atoms with Crippen LogP contribution >= 0.6 is 0 Å². The van der Waals surface area contributed by atoms with Gasteiger partial charge in [0.15, 0.2) is 0 Å². The minimum atomic E-state index is 0.129. The predicted octanol–water partition coefficient (Wildman–Crippen LogP) is 3.79. The van der Waals surface area contributed by atoms with Crippen molar-refractivity contribution in [2.24, 2.45) is 5.92 Å². The molecule has 1 amide bonds. The lowest BCUT2D eigenvalue weighted by Gasteiger charge is -2.28. The van der Waals surface area contributed by atoms with Crippen molar-refractivity contribution in [3.05, 3.63) is 90.5 Å². The SMILES string of the molecule is O=C(Nc1ccccc1)C1CC[NH+](Cc2ccc(-c3ccccc3)cc2)CC1. The third kappa shape index (κ3) is 4.68. The summed E-state index contributed by atoms with van der Waals surface area (Å²) < 4.78 is 0. The van der Waals surface area contributed by atoms with E-state index in [-0.39, 0.29) is 11.8 Å². The molecule has 142 valence electrons. The molecule has 2 N–H and O–H groups in total. The number of nitrogens with one attached hydrogen (secondary N) is 2. The van der Waals surface area contributed by atoms with E-state index in [1.165, 1.54) is 16.7 Å². The summed E-state index contributed by atoms with van der Waals surface area (Å²) in [4.78, 5) is 14.1. The molecule has 1 saturated heterocycles. The second-order valence-electron chi connectivity index (χ2n) is 7.62. The van der Waals surface area contributed by atoms with Crippen LogP contribution in [0.15, 0.2) is 84.9 Å². The molecule has 0 saturated carbocycles. The number of anilines is 1. The van der Waals surface area contributed by atoms with E-state index in [0.717, 1.165) is 38.2 Å². The van der Waals surface area contributed by atoms with Crippen LogP contribution in [0, 0.1) is 5.92 Å². The molecule has 1 heterocycles. The lowest BCUT2D eigenvalue weighted by molar-refractivity contribution is -0.919. The molecule has 0 radical (unpaired) electrons. The van der Waals surface area contributed by atoms with Crippen LogP contribution < -0.4 is 10.2 Å². The third-order valence-electron chi connectivity index (χ3n) is 5.62. The number of benzene rings is 3. The molecule has 4 rings (SSSR count). The zero-order valence-electron chi connectivity index (χ0n) is 16.1. The van der Waals surface area contributed by atoms with E-state index in [2.05, 4.69) is 53.8 Å². The lowest BCUT2D eigenvalue weighted by Crippen LogP contribution is -3.11. The Morgan fingerprint density at radius 1 is 0.786 bits per heavy atom. The molecular weight excluding hydrogens is 344 g/mol. The Hall–Kier alpha value is -2.91. The van der Waals surface area contributed by atoms with E-state index in [1.54, 1.807) is 4.90 Å². The van der Waals surface area contributed by atoms with Crippen LogP contribution in [0.25, 0.3) is 11.1 Å². The number of piperidine rings is 1. The van der Waals surface area contributed by atoms with E-state index in [0.29, 0.717) is 0 Å². The van der Waals surface area contributed by atoms with Gasteiger partial charge >= 0.3 is 0 Å². The van der Waals surface area contributed by atoms with E-state index in [9.17, 15) is 4.79 Å². The van der Waals surface area contributed by atoms with E-state index >= 15 is 0 Å². The molecule has 0 aliphatic carbocycles. The van der Waals surface area contributed by atoms with Gasteiger partial charge in [0.1, 0.15) is 6.54 Å².